The molecule has 1 saturated heterocycles. The molecule has 1 spiro atoms. The van der Waals surface area contributed by atoms with Gasteiger partial charge in [0.25, 0.3) is 5.56 Å². The number of hydrogen-bond donors (Lipinski definition) is 2. The molecule has 3 heterocycles. The Bertz CT molecular complexity index is 1480. The van der Waals surface area contributed by atoms with E-state index >= 15 is 0 Å². The van der Waals surface area contributed by atoms with Crippen molar-refractivity contribution < 1.29 is 17.3 Å². The summed E-state index contributed by atoms with van der Waals surface area (Å²) in [6, 6.07) is 6.75. The Morgan fingerprint density at radius 3 is 2.72 bits per heavy atom. The van der Waals surface area contributed by atoms with E-state index in [2.05, 4.69) is 15.2 Å². The number of aromatic nitrogens is 2. The van der Waals surface area contributed by atoms with Gasteiger partial charge in [0.2, 0.25) is 6.41 Å². The summed E-state index contributed by atoms with van der Waals surface area (Å²) in [5, 5.41) is 3.41. The van der Waals surface area contributed by atoms with E-state index in [0.29, 0.717) is 34.2 Å². The molecule has 3 aromatic rings. The van der Waals surface area contributed by atoms with Crippen molar-refractivity contribution in [2.24, 2.45) is 12.4 Å². The molecule has 2 aliphatic rings. The zero-order valence-electron chi connectivity index (χ0n) is 20.6. The summed E-state index contributed by atoms with van der Waals surface area (Å²) in [6.07, 6.45) is 7.44. The molecule has 1 atom stereocenters. The topological polar surface area (TPSA) is 104 Å². The minimum Gasteiger partial charge on any atom is -0.371 e. The van der Waals surface area contributed by atoms with Crippen LogP contribution in [-0.4, -0.2) is 49.8 Å². The number of nitrogens with one attached hydrogen (secondary N) is 2. The molecular weight excluding hydrogens is 428 g/mol. The summed E-state index contributed by atoms with van der Waals surface area (Å²) >= 11 is 0. The van der Waals surface area contributed by atoms with Crippen molar-refractivity contribution in [3.05, 3.63) is 47.0 Å². The normalized spacial score (nSPS) is 21.7. The van der Waals surface area contributed by atoms with Gasteiger partial charge in [-0.15, -0.1) is 0 Å². The Balaban J connectivity index is 1.65. The third kappa shape index (κ3) is 3.31. The van der Waals surface area contributed by atoms with Crippen molar-refractivity contribution in [2.45, 2.75) is 30.2 Å². The Labute approximate surface area is 190 Å². The second kappa shape index (κ2) is 7.23. The number of piperidine rings is 1. The van der Waals surface area contributed by atoms with Crippen LogP contribution in [0.15, 0.2) is 46.3 Å². The molecule has 1 aromatic carbocycles. The van der Waals surface area contributed by atoms with E-state index in [1.807, 2.05) is 0 Å². The maximum Gasteiger partial charge on any atom is 0.274 e. The fourth-order valence-corrected chi connectivity index (χ4v) is 5.66. The predicted molar refractivity (Wildman–Crippen MR) is 124 cm³/mol. The lowest BCUT2D eigenvalue weighted by Crippen LogP contribution is -2.37. The Morgan fingerprint density at radius 1 is 1.25 bits per heavy atom. The summed E-state index contributed by atoms with van der Waals surface area (Å²) in [5.41, 5.74) is 1.36. The van der Waals surface area contributed by atoms with Gasteiger partial charge in [-0.2, -0.15) is 0 Å². The van der Waals surface area contributed by atoms with Crippen LogP contribution in [0.2, 0.25) is 0 Å². The number of sulfone groups is 1. The van der Waals surface area contributed by atoms with Gasteiger partial charge in [-0.3, -0.25) is 9.59 Å². The molecule has 2 N–H and O–H groups in total. The maximum atomic E-state index is 12.8. The Kier molecular flexibility index (Phi) is 3.95. The van der Waals surface area contributed by atoms with Crippen LogP contribution in [0.25, 0.3) is 22.0 Å². The first kappa shape index (κ1) is 17.5. The molecule has 8 nitrogen and oxygen atoms in total. The standard InChI is InChI=1S/C23H26N4O4S/c1-26-13-18(16-5-8-24-21(16)22(26)29)17-11-15(32(2,30)31)3-4-19(17)27-9-6-23(7-10-27)12-20(23)25-14-28/h3-5,8,11,13-14,20,24H,6-7,9-10,12H2,1-2H3,(H,25,28)/i1D3. The fraction of sp³-hybridized carbons (Fsp3) is 0.391. The van der Waals surface area contributed by atoms with Gasteiger partial charge in [0.05, 0.1) is 4.90 Å². The van der Waals surface area contributed by atoms with E-state index in [1.54, 1.807) is 30.5 Å². The minimum absolute atomic E-state index is 0.104. The van der Waals surface area contributed by atoms with Gasteiger partial charge >= 0.3 is 0 Å². The van der Waals surface area contributed by atoms with Gasteiger partial charge < -0.3 is 19.8 Å². The van der Waals surface area contributed by atoms with Gasteiger partial charge in [0.1, 0.15) is 5.52 Å². The Hall–Kier alpha value is -3.07. The van der Waals surface area contributed by atoms with Gasteiger partial charge in [0.15, 0.2) is 9.84 Å². The van der Waals surface area contributed by atoms with Crippen LogP contribution in [0, 0.1) is 5.41 Å². The second-order valence-corrected chi connectivity index (χ2v) is 10.8. The van der Waals surface area contributed by atoms with E-state index < -0.39 is 22.4 Å². The maximum absolute atomic E-state index is 12.8. The lowest BCUT2D eigenvalue weighted by atomic mass is 9.91. The number of aromatic amines is 1. The number of pyridine rings is 1. The molecule has 1 aliphatic heterocycles. The highest BCUT2D eigenvalue weighted by Gasteiger charge is 2.54. The molecule has 1 saturated carbocycles. The zero-order valence-corrected chi connectivity index (χ0v) is 18.4. The highest BCUT2D eigenvalue weighted by Crippen LogP contribution is 2.54. The molecule has 1 unspecified atom stereocenters. The van der Waals surface area contributed by atoms with Crippen molar-refractivity contribution in [1.29, 1.82) is 0 Å². The molecule has 1 amide bonds. The molecule has 168 valence electrons. The predicted octanol–water partition coefficient (Wildman–Crippen LogP) is 2.04. The molecule has 0 bridgehead atoms. The van der Waals surface area contributed by atoms with Crippen molar-refractivity contribution in [2.75, 3.05) is 24.2 Å². The molecule has 0 radical (unpaired) electrons. The first-order valence-electron chi connectivity index (χ1n) is 12.0. The van der Waals surface area contributed by atoms with Crippen LogP contribution in [-0.2, 0) is 21.6 Å². The van der Waals surface area contributed by atoms with Gasteiger partial charge in [-0.25, -0.2) is 8.42 Å². The monoisotopic (exact) mass is 457 g/mol. The lowest BCUT2D eigenvalue weighted by Gasteiger charge is -2.36. The van der Waals surface area contributed by atoms with Crippen LogP contribution >= 0.6 is 0 Å². The van der Waals surface area contributed by atoms with Crippen molar-refractivity contribution >= 4 is 32.8 Å². The van der Waals surface area contributed by atoms with Gasteiger partial charge in [-0.1, -0.05) is 0 Å². The van der Waals surface area contributed by atoms with Crippen molar-refractivity contribution in [3.63, 3.8) is 0 Å². The lowest BCUT2D eigenvalue weighted by molar-refractivity contribution is -0.109. The number of fused-ring (bicyclic) bond motifs is 1. The highest BCUT2D eigenvalue weighted by molar-refractivity contribution is 7.90. The van der Waals surface area contributed by atoms with E-state index in [4.69, 9.17) is 4.11 Å². The largest absolute Gasteiger partial charge is 0.371 e. The fourth-order valence-electron chi connectivity index (χ4n) is 5.01. The second-order valence-electron chi connectivity index (χ2n) is 8.83. The summed E-state index contributed by atoms with van der Waals surface area (Å²) in [7, 11) is -3.54. The number of benzene rings is 1. The van der Waals surface area contributed by atoms with Crippen LogP contribution < -0.4 is 15.8 Å². The van der Waals surface area contributed by atoms with Crippen LogP contribution in [0.5, 0.6) is 0 Å². The van der Waals surface area contributed by atoms with E-state index in [9.17, 15) is 18.0 Å². The number of aryl methyl sites for hydroxylation is 1. The molecular formula is C23H26N4O4S. The number of nitrogens with zero attached hydrogens (tertiary/aromatic N) is 2. The number of hydrogen-bond acceptors (Lipinski definition) is 5. The molecule has 5 rings (SSSR count). The summed E-state index contributed by atoms with van der Waals surface area (Å²) in [5.74, 6) is 0. The summed E-state index contributed by atoms with van der Waals surface area (Å²) in [6.45, 7) is -1.29. The minimum atomic E-state index is -3.54. The van der Waals surface area contributed by atoms with Crippen molar-refractivity contribution in [3.8, 4) is 11.1 Å². The van der Waals surface area contributed by atoms with Crippen LogP contribution in [0.1, 0.15) is 23.4 Å². The quantitative estimate of drug-likeness (QED) is 0.571. The number of carbonyl (C=O) groups excluding carboxylic acids is 1. The number of rotatable bonds is 5. The molecule has 1 aliphatic carbocycles. The van der Waals surface area contributed by atoms with Gasteiger partial charge in [-0.05, 0) is 48.9 Å². The number of anilines is 1. The molecule has 9 heteroatoms. The zero-order chi connectivity index (χ0) is 25.2. The van der Waals surface area contributed by atoms with Gasteiger partial charge in [0, 0.05) is 71.1 Å². The van der Waals surface area contributed by atoms with Crippen LogP contribution in [0.3, 0.4) is 0 Å². The molecule has 2 fully saturated rings. The average Bonchev–Trinajstić information content (AvgIpc) is 3.20. The third-order valence-corrected chi connectivity index (χ3v) is 8.08. The summed E-state index contributed by atoms with van der Waals surface area (Å²) < 4.78 is 49.0. The SMILES string of the molecule is [2H]C([2H])([2H])n1cc(-c2cc(S(C)(=O)=O)ccc2N2CCC3(CC2)CC3NC=O)c2cc[nH]c2c1=O. The number of amides is 1. The molecule has 2 aromatic heterocycles. The number of H-pyrrole nitrogens is 1. The van der Waals surface area contributed by atoms with Crippen molar-refractivity contribution in [1.82, 2.24) is 14.9 Å². The Morgan fingerprint density at radius 2 is 2.03 bits per heavy atom. The van der Waals surface area contributed by atoms with E-state index in [0.717, 1.165) is 37.6 Å². The highest BCUT2D eigenvalue weighted by atomic mass is 32.2. The summed E-state index contributed by atoms with van der Waals surface area (Å²) in [4.78, 5) is 28.8. The smallest absolute Gasteiger partial charge is 0.274 e. The first-order chi connectivity index (χ1) is 16.4. The third-order valence-electron chi connectivity index (χ3n) is 6.97. The van der Waals surface area contributed by atoms with E-state index in [1.165, 1.54) is 6.20 Å². The number of carbonyl (C=O) groups is 1. The molecule has 32 heavy (non-hydrogen) atoms. The first-order valence-corrected chi connectivity index (χ1v) is 12.4. The van der Waals surface area contributed by atoms with Crippen LogP contribution in [0.4, 0.5) is 5.69 Å². The average molecular weight is 458 g/mol. The van der Waals surface area contributed by atoms with E-state index in [-0.39, 0.29) is 21.9 Å².